The smallest absolute Gasteiger partial charge is 0.157 e. The lowest BCUT2D eigenvalue weighted by Gasteiger charge is -2.18. The fourth-order valence-corrected chi connectivity index (χ4v) is 1.35. The third-order valence-corrected chi connectivity index (χ3v) is 1.81. The number of rotatable bonds is 3. The van der Waals surface area contributed by atoms with Gasteiger partial charge in [0, 0.05) is 6.42 Å². The minimum Gasteiger partial charge on any atom is -0.394 e. The summed E-state index contributed by atoms with van der Waals surface area (Å²) in [7, 11) is 0. The highest BCUT2D eigenvalue weighted by molar-refractivity contribution is 4.78. The molecule has 0 bridgehead atoms. The van der Waals surface area contributed by atoms with Crippen LogP contribution in [0.5, 0.6) is 0 Å². The van der Waals surface area contributed by atoms with Crippen molar-refractivity contribution in [3.05, 3.63) is 0 Å². The van der Waals surface area contributed by atoms with E-state index in [1.54, 1.807) is 0 Å². The molecule has 0 aromatic rings. The van der Waals surface area contributed by atoms with Gasteiger partial charge in [0.2, 0.25) is 0 Å². The Hall–Kier alpha value is -0.160. The van der Waals surface area contributed by atoms with E-state index in [1.165, 1.54) is 0 Å². The minimum absolute atomic E-state index is 0.0953. The van der Waals surface area contributed by atoms with Gasteiger partial charge in [-0.15, -0.1) is 0 Å². The molecule has 3 atom stereocenters. The highest BCUT2D eigenvalue weighted by Crippen LogP contribution is 2.22. The molecule has 1 rings (SSSR count). The zero-order chi connectivity index (χ0) is 9.14. The van der Waals surface area contributed by atoms with Crippen molar-refractivity contribution in [2.24, 2.45) is 0 Å². The molecule has 4 heteroatoms. The average Bonchev–Trinajstić information content (AvgIpc) is 2.29. The topological polar surface area (TPSA) is 58.9 Å². The fourth-order valence-electron chi connectivity index (χ4n) is 1.35. The van der Waals surface area contributed by atoms with Gasteiger partial charge >= 0.3 is 0 Å². The van der Waals surface area contributed by atoms with E-state index in [0.717, 1.165) is 0 Å². The molecular formula is C8H16O4. The zero-order valence-electron chi connectivity index (χ0n) is 7.43. The third kappa shape index (κ3) is 2.42. The van der Waals surface area contributed by atoms with Gasteiger partial charge in [0.15, 0.2) is 6.29 Å². The molecule has 0 amide bonds. The lowest BCUT2D eigenvalue weighted by atomic mass is 10.2. The second-order valence-electron chi connectivity index (χ2n) is 3.27. The van der Waals surface area contributed by atoms with Crippen molar-refractivity contribution in [2.75, 3.05) is 6.61 Å². The molecule has 0 aliphatic carbocycles. The zero-order valence-corrected chi connectivity index (χ0v) is 7.43. The molecule has 1 aliphatic rings. The second kappa shape index (κ2) is 4.18. The first-order valence-electron chi connectivity index (χ1n) is 4.23. The highest BCUT2D eigenvalue weighted by Gasteiger charge is 2.34. The number of hydrogen-bond donors (Lipinski definition) is 2. The highest BCUT2D eigenvalue weighted by atomic mass is 16.6. The maximum Gasteiger partial charge on any atom is 0.157 e. The molecule has 12 heavy (non-hydrogen) atoms. The Balaban J connectivity index is 2.40. The van der Waals surface area contributed by atoms with Gasteiger partial charge in [0.05, 0.1) is 18.8 Å². The summed E-state index contributed by atoms with van der Waals surface area (Å²) in [5.41, 5.74) is 0. The molecule has 1 unspecified atom stereocenters. The Morgan fingerprint density at radius 3 is 2.75 bits per heavy atom. The summed E-state index contributed by atoms with van der Waals surface area (Å²) in [6, 6.07) is 0. The van der Waals surface area contributed by atoms with Crippen LogP contribution >= 0.6 is 0 Å². The lowest BCUT2D eigenvalue weighted by Crippen LogP contribution is -2.29. The van der Waals surface area contributed by atoms with Crippen LogP contribution in [0.1, 0.15) is 20.3 Å². The van der Waals surface area contributed by atoms with Gasteiger partial charge in [0.1, 0.15) is 6.10 Å². The molecule has 4 nitrogen and oxygen atoms in total. The first kappa shape index (κ1) is 9.92. The van der Waals surface area contributed by atoms with E-state index in [9.17, 15) is 0 Å². The molecule has 72 valence electrons. The SMILES string of the molecule is CC(C)O[C@H]1CC(O)O[C@@H]1CO. The Bertz CT molecular complexity index is 137. The van der Waals surface area contributed by atoms with E-state index < -0.39 is 6.29 Å². The first-order valence-corrected chi connectivity index (χ1v) is 4.23. The largest absolute Gasteiger partial charge is 0.394 e. The molecule has 1 heterocycles. The van der Waals surface area contributed by atoms with Crippen LogP contribution in [0.4, 0.5) is 0 Å². The summed E-state index contributed by atoms with van der Waals surface area (Å²) in [4.78, 5) is 0. The maximum atomic E-state index is 9.10. The van der Waals surface area contributed by atoms with E-state index in [-0.39, 0.29) is 24.9 Å². The second-order valence-corrected chi connectivity index (χ2v) is 3.27. The number of aliphatic hydroxyl groups is 2. The van der Waals surface area contributed by atoms with Crippen molar-refractivity contribution in [3.63, 3.8) is 0 Å². The van der Waals surface area contributed by atoms with Crippen molar-refractivity contribution < 1.29 is 19.7 Å². The van der Waals surface area contributed by atoms with Crippen LogP contribution < -0.4 is 0 Å². The summed E-state index contributed by atoms with van der Waals surface area (Å²) >= 11 is 0. The number of hydrogen-bond acceptors (Lipinski definition) is 4. The average molecular weight is 176 g/mol. The molecule has 0 spiro atoms. The summed E-state index contributed by atoms with van der Waals surface area (Å²) in [6.07, 6.45) is -0.792. The third-order valence-electron chi connectivity index (χ3n) is 1.81. The van der Waals surface area contributed by atoms with Crippen LogP contribution in [-0.4, -0.2) is 41.4 Å². The van der Waals surface area contributed by atoms with Gasteiger partial charge in [-0.1, -0.05) is 0 Å². The summed E-state index contributed by atoms with van der Waals surface area (Å²) in [5.74, 6) is 0. The molecule has 0 radical (unpaired) electrons. The minimum atomic E-state index is -0.786. The van der Waals surface area contributed by atoms with Crippen LogP contribution in [0.25, 0.3) is 0 Å². The molecular weight excluding hydrogens is 160 g/mol. The number of ether oxygens (including phenoxy) is 2. The van der Waals surface area contributed by atoms with Crippen molar-refractivity contribution >= 4 is 0 Å². The predicted octanol–water partition coefficient (Wildman–Crippen LogP) is -0.120. The van der Waals surface area contributed by atoms with Crippen molar-refractivity contribution in [2.45, 2.75) is 44.9 Å². The van der Waals surface area contributed by atoms with Crippen LogP contribution in [0.2, 0.25) is 0 Å². The predicted molar refractivity (Wildman–Crippen MR) is 42.6 cm³/mol. The first-order chi connectivity index (χ1) is 5.63. The van der Waals surface area contributed by atoms with Crippen LogP contribution in [-0.2, 0) is 9.47 Å². The monoisotopic (exact) mass is 176 g/mol. The Kier molecular flexibility index (Phi) is 3.46. The maximum absolute atomic E-state index is 9.10. The molecule has 0 aromatic carbocycles. The lowest BCUT2D eigenvalue weighted by molar-refractivity contribution is -0.115. The summed E-state index contributed by atoms with van der Waals surface area (Å²) in [5, 5.41) is 18.0. The van der Waals surface area contributed by atoms with Gasteiger partial charge in [-0.3, -0.25) is 0 Å². The summed E-state index contributed by atoms with van der Waals surface area (Å²) in [6.45, 7) is 3.73. The molecule has 0 aromatic heterocycles. The Morgan fingerprint density at radius 2 is 2.25 bits per heavy atom. The van der Waals surface area contributed by atoms with Crippen LogP contribution in [0.3, 0.4) is 0 Å². The molecule has 0 saturated carbocycles. The fraction of sp³-hybridized carbons (Fsp3) is 1.00. The van der Waals surface area contributed by atoms with Crippen LogP contribution in [0.15, 0.2) is 0 Å². The van der Waals surface area contributed by atoms with Crippen LogP contribution in [0, 0.1) is 0 Å². The Labute approximate surface area is 72.1 Å². The standard InChI is InChI=1S/C8H16O4/c1-5(2)11-6-3-8(10)12-7(6)4-9/h5-10H,3-4H2,1-2H3/t6-,7+,8?/m0/s1. The molecule has 2 N–H and O–H groups in total. The molecule has 1 saturated heterocycles. The Morgan fingerprint density at radius 1 is 1.58 bits per heavy atom. The van der Waals surface area contributed by atoms with Crippen molar-refractivity contribution in [1.29, 1.82) is 0 Å². The van der Waals surface area contributed by atoms with Gasteiger partial charge in [0.25, 0.3) is 0 Å². The van der Waals surface area contributed by atoms with E-state index >= 15 is 0 Å². The summed E-state index contributed by atoms with van der Waals surface area (Å²) < 4.78 is 10.4. The van der Waals surface area contributed by atoms with Gasteiger partial charge in [-0.2, -0.15) is 0 Å². The van der Waals surface area contributed by atoms with E-state index in [4.69, 9.17) is 19.7 Å². The number of aliphatic hydroxyl groups excluding tert-OH is 2. The molecule has 1 fully saturated rings. The van der Waals surface area contributed by atoms with E-state index in [2.05, 4.69) is 0 Å². The van der Waals surface area contributed by atoms with Gasteiger partial charge < -0.3 is 19.7 Å². The normalized spacial score (nSPS) is 36.2. The quantitative estimate of drug-likeness (QED) is 0.629. The van der Waals surface area contributed by atoms with Crippen molar-refractivity contribution in [3.8, 4) is 0 Å². The van der Waals surface area contributed by atoms with Gasteiger partial charge in [-0.05, 0) is 13.8 Å². The van der Waals surface area contributed by atoms with E-state index in [0.29, 0.717) is 6.42 Å². The van der Waals surface area contributed by atoms with Gasteiger partial charge in [-0.25, -0.2) is 0 Å². The molecule has 1 aliphatic heterocycles. The van der Waals surface area contributed by atoms with Crippen molar-refractivity contribution in [1.82, 2.24) is 0 Å². The van der Waals surface area contributed by atoms with E-state index in [1.807, 2.05) is 13.8 Å².